The van der Waals surface area contributed by atoms with Crippen molar-refractivity contribution < 1.29 is 14.1 Å². The summed E-state index contributed by atoms with van der Waals surface area (Å²) in [6.45, 7) is 6.31. The molecule has 2 amide bonds. The minimum atomic E-state index is -0.113. The number of nitrogens with zero attached hydrogens (tertiary/aromatic N) is 4. The maximum atomic E-state index is 12.7. The largest absolute Gasteiger partial charge is 0.357 e. The van der Waals surface area contributed by atoms with Crippen LogP contribution in [0, 0.1) is 30.6 Å². The van der Waals surface area contributed by atoms with Crippen LogP contribution in [0.3, 0.4) is 0 Å². The van der Waals surface area contributed by atoms with E-state index in [1.54, 1.807) is 6.92 Å². The van der Waals surface area contributed by atoms with E-state index in [9.17, 15) is 9.59 Å². The van der Waals surface area contributed by atoms with E-state index in [-0.39, 0.29) is 59.5 Å². The molecule has 2 bridgehead atoms. The average Bonchev–Trinajstić information content (AvgIpc) is 3.49. The number of likely N-dealkylation sites (tertiary alicyclic amines) is 1. The summed E-state index contributed by atoms with van der Waals surface area (Å²) >= 11 is 0. The highest BCUT2D eigenvalue weighted by atomic mass is 127. The molecule has 3 aliphatic rings. The zero-order valence-corrected chi connectivity index (χ0v) is 20.4. The first-order valence-electron chi connectivity index (χ1n) is 10.9. The Kier molecular flexibility index (Phi) is 8.06. The highest BCUT2D eigenvalue weighted by molar-refractivity contribution is 14.0. The fraction of sp³-hybridized carbons (Fsp3) is 0.667. The van der Waals surface area contributed by atoms with Crippen molar-refractivity contribution in [2.75, 3.05) is 26.2 Å². The number of hydrogen-bond donors (Lipinski definition) is 2. The monoisotopic (exact) mass is 542 g/mol. The molecule has 1 saturated carbocycles. The van der Waals surface area contributed by atoms with E-state index in [1.165, 1.54) is 4.90 Å². The smallest absolute Gasteiger partial charge is 0.233 e. The molecule has 4 unspecified atom stereocenters. The van der Waals surface area contributed by atoms with Crippen molar-refractivity contribution in [3.05, 3.63) is 23.9 Å². The van der Waals surface area contributed by atoms with Gasteiger partial charge in [0, 0.05) is 32.6 Å². The fourth-order valence-electron chi connectivity index (χ4n) is 4.83. The van der Waals surface area contributed by atoms with Crippen LogP contribution in [0.15, 0.2) is 21.7 Å². The average molecular weight is 542 g/mol. The van der Waals surface area contributed by atoms with E-state index >= 15 is 0 Å². The third-order valence-corrected chi connectivity index (χ3v) is 6.15. The van der Waals surface area contributed by atoms with Gasteiger partial charge in [-0.1, -0.05) is 17.3 Å². The predicted molar refractivity (Wildman–Crippen MR) is 126 cm³/mol. The number of amides is 2. The summed E-state index contributed by atoms with van der Waals surface area (Å²) in [5.41, 5.74) is 0. The zero-order valence-electron chi connectivity index (χ0n) is 18.0. The Morgan fingerprint density at radius 2 is 1.90 bits per heavy atom. The Bertz CT molecular complexity index is 824. The van der Waals surface area contributed by atoms with Crippen molar-refractivity contribution in [3.8, 4) is 0 Å². The summed E-state index contributed by atoms with van der Waals surface area (Å²) in [4.78, 5) is 35.6. The number of carbonyl (C=O) groups excluding carboxylic acids is 2. The SMILES string of the molecule is CCNC(=NCCCN1C(=O)C2C3C=CC(C3)C2C1=O)NCCCc1nc(C)no1.I. The van der Waals surface area contributed by atoms with Gasteiger partial charge in [0.25, 0.3) is 0 Å². The van der Waals surface area contributed by atoms with E-state index < -0.39 is 0 Å². The lowest BCUT2D eigenvalue weighted by molar-refractivity contribution is -0.140. The normalized spacial score (nSPS) is 26.4. The number of halogens is 1. The molecule has 1 aromatic rings. The van der Waals surface area contributed by atoms with Gasteiger partial charge in [-0.3, -0.25) is 19.5 Å². The number of nitrogens with one attached hydrogen (secondary N) is 2. The van der Waals surface area contributed by atoms with Crippen LogP contribution < -0.4 is 10.6 Å². The van der Waals surface area contributed by atoms with Gasteiger partial charge >= 0.3 is 0 Å². The lowest BCUT2D eigenvalue weighted by Crippen LogP contribution is -2.38. The minimum absolute atomic E-state index is 0. The van der Waals surface area contributed by atoms with Crippen LogP contribution in [0.5, 0.6) is 0 Å². The molecular weight excluding hydrogens is 511 g/mol. The number of aliphatic imine (C=N–C) groups is 1. The van der Waals surface area contributed by atoms with Crippen LogP contribution in [-0.4, -0.2) is 59.0 Å². The maximum absolute atomic E-state index is 12.7. The van der Waals surface area contributed by atoms with Gasteiger partial charge in [-0.2, -0.15) is 4.98 Å². The lowest BCUT2D eigenvalue weighted by Gasteiger charge is -2.17. The molecule has 1 aliphatic heterocycles. The highest BCUT2D eigenvalue weighted by Gasteiger charge is 2.58. The summed E-state index contributed by atoms with van der Waals surface area (Å²) in [6.07, 6.45) is 7.44. The number of aryl methyl sites for hydroxylation is 2. The molecule has 2 fully saturated rings. The Morgan fingerprint density at radius 3 is 2.52 bits per heavy atom. The molecule has 1 saturated heterocycles. The number of carbonyl (C=O) groups is 2. The quantitative estimate of drug-likeness (QED) is 0.122. The molecule has 0 aromatic carbocycles. The number of rotatable bonds is 9. The molecule has 170 valence electrons. The fourth-order valence-corrected chi connectivity index (χ4v) is 4.83. The summed E-state index contributed by atoms with van der Waals surface area (Å²) in [6, 6.07) is 0. The number of allylic oxidation sites excluding steroid dienone is 2. The lowest BCUT2D eigenvalue weighted by atomic mass is 9.85. The summed E-state index contributed by atoms with van der Waals surface area (Å²) < 4.78 is 5.11. The second-order valence-electron chi connectivity index (χ2n) is 8.21. The third-order valence-electron chi connectivity index (χ3n) is 6.15. The minimum Gasteiger partial charge on any atom is -0.357 e. The zero-order chi connectivity index (χ0) is 21.1. The molecule has 2 aliphatic carbocycles. The van der Waals surface area contributed by atoms with Gasteiger partial charge in [0.2, 0.25) is 17.7 Å². The van der Waals surface area contributed by atoms with E-state index in [0.717, 1.165) is 31.9 Å². The first kappa shape index (κ1) is 23.7. The Morgan fingerprint density at radius 1 is 1.19 bits per heavy atom. The Hall–Kier alpha value is -1.98. The van der Waals surface area contributed by atoms with Crippen molar-refractivity contribution in [2.24, 2.45) is 28.7 Å². The van der Waals surface area contributed by atoms with Crippen molar-refractivity contribution >= 4 is 41.8 Å². The number of imide groups is 1. The van der Waals surface area contributed by atoms with Gasteiger partial charge in [0.1, 0.15) is 0 Å². The molecule has 31 heavy (non-hydrogen) atoms. The molecule has 2 N–H and O–H groups in total. The molecule has 2 heterocycles. The summed E-state index contributed by atoms with van der Waals surface area (Å²) in [5, 5.41) is 10.3. The van der Waals surface area contributed by atoms with Gasteiger partial charge in [-0.15, -0.1) is 24.0 Å². The van der Waals surface area contributed by atoms with Crippen molar-refractivity contribution in [1.82, 2.24) is 25.7 Å². The highest BCUT2D eigenvalue weighted by Crippen LogP contribution is 2.52. The molecule has 0 spiro atoms. The molecule has 4 rings (SSSR count). The summed E-state index contributed by atoms with van der Waals surface area (Å²) in [7, 11) is 0. The number of aromatic nitrogens is 2. The molecule has 0 radical (unpaired) electrons. The maximum Gasteiger partial charge on any atom is 0.233 e. The van der Waals surface area contributed by atoms with Crippen LogP contribution in [0.2, 0.25) is 0 Å². The van der Waals surface area contributed by atoms with E-state index in [0.29, 0.717) is 37.6 Å². The Labute approximate surface area is 199 Å². The molecule has 10 heteroatoms. The van der Waals surface area contributed by atoms with Gasteiger partial charge < -0.3 is 15.2 Å². The van der Waals surface area contributed by atoms with Crippen LogP contribution in [0.25, 0.3) is 0 Å². The molecule has 4 atom stereocenters. The van der Waals surface area contributed by atoms with Crippen LogP contribution in [0.1, 0.15) is 37.9 Å². The first-order valence-corrected chi connectivity index (χ1v) is 10.9. The predicted octanol–water partition coefficient (Wildman–Crippen LogP) is 1.68. The topological polar surface area (TPSA) is 113 Å². The van der Waals surface area contributed by atoms with E-state index in [1.807, 2.05) is 6.92 Å². The van der Waals surface area contributed by atoms with Crippen LogP contribution in [0.4, 0.5) is 0 Å². The van der Waals surface area contributed by atoms with E-state index in [4.69, 9.17) is 4.52 Å². The number of guanidine groups is 1. The Balaban J connectivity index is 0.00000272. The molecular formula is C21H31IN6O3. The first-order chi connectivity index (χ1) is 14.6. The molecule has 1 aromatic heterocycles. The molecule has 9 nitrogen and oxygen atoms in total. The second-order valence-corrected chi connectivity index (χ2v) is 8.21. The third kappa shape index (κ3) is 5.09. The van der Waals surface area contributed by atoms with Crippen LogP contribution in [-0.2, 0) is 16.0 Å². The van der Waals surface area contributed by atoms with Crippen molar-refractivity contribution in [3.63, 3.8) is 0 Å². The van der Waals surface area contributed by atoms with Crippen molar-refractivity contribution in [1.29, 1.82) is 0 Å². The van der Waals surface area contributed by atoms with Crippen molar-refractivity contribution in [2.45, 2.75) is 39.5 Å². The van der Waals surface area contributed by atoms with E-state index in [2.05, 4.69) is 37.9 Å². The van der Waals surface area contributed by atoms with Gasteiger partial charge in [-0.25, -0.2) is 0 Å². The van der Waals surface area contributed by atoms with Gasteiger partial charge in [-0.05, 0) is 44.9 Å². The van der Waals surface area contributed by atoms with Gasteiger partial charge in [0.15, 0.2) is 11.8 Å². The van der Waals surface area contributed by atoms with Crippen LogP contribution >= 0.6 is 24.0 Å². The number of hydrogen-bond acceptors (Lipinski definition) is 6. The number of fused-ring (bicyclic) bond motifs is 5. The second kappa shape index (κ2) is 10.6. The standard InChI is InChI=1S/C21H30N6O3.HI/c1-3-22-21(23-9-4-6-16-25-13(2)26-30-16)24-10-5-11-27-19(28)17-14-7-8-15(12-14)18(17)20(27)29;/h7-8,14-15,17-18H,3-6,9-12H2,1-2H3,(H2,22,23,24);1H. The van der Waals surface area contributed by atoms with Gasteiger partial charge in [0.05, 0.1) is 11.8 Å². The summed E-state index contributed by atoms with van der Waals surface area (Å²) in [5.74, 6) is 2.37.